The third-order valence-corrected chi connectivity index (χ3v) is 2.92. The Hall–Kier alpha value is -0.530. The van der Waals surface area contributed by atoms with Crippen LogP contribution in [0.25, 0.3) is 0 Å². The molecule has 0 amide bonds. The van der Waals surface area contributed by atoms with Gasteiger partial charge >= 0.3 is 5.97 Å². The molecule has 0 aliphatic heterocycles. The van der Waals surface area contributed by atoms with Crippen LogP contribution >= 0.6 is 0 Å². The smallest absolute Gasteiger partial charge is 0.305 e. The lowest BCUT2D eigenvalue weighted by atomic mass is 9.86. The Bertz CT molecular complexity index is 159. The minimum absolute atomic E-state index is 0.0573. The third-order valence-electron chi connectivity index (χ3n) is 2.92. The first kappa shape index (κ1) is 10.6. The van der Waals surface area contributed by atoms with Gasteiger partial charge in [0.1, 0.15) is 6.10 Å². The average molecular weight is 184 g/mol. The van der Waals surface area contributed by atoms with Crippen molar-refractivity contribution >= 4 is 5.97 Å². The minimum atomic E-state index is -0.0573. The largest absolute Gasteiger partial charge is 0.462 e. The summed E-state index contributed by atoms with van der Waals surface area (Å²) in [6.07, 6.45) is 7.06. The van der Waals surface area contributed by atoms with Crippen molar-refractivity contribution in [1.82, 2.24) is 0 Å². The second-order valence-corrected chi connectivity index (χ2v) is 3.95. The Morgan fingerprint density at radius 1 is 1.38 bits per heavy atom. The van der Waals surface area contributed by atoms with E-state index in [-0.39, 0.29) is 12.1 Å². The lowest BCUT2D eigenvalue weighted by Crippen LogP contribution is -2.25. The van der Waals surface area contributed by atoms with Crippen LogP contribution in [0.5, 0.6) is 0 Å². The molecule has 1 saturated carbocycles. The number of hydrogen-bond donors (Lipinski definition) is 0. The van der Waals surface area contributed by atoms with Crippen LogP contribution in [-0.4, -0.2) is 12.1 Å². The van der Waals surface area contributed by atoms with Crippen LogP contribution in [0.2, 0.25) is 0 Å². The van der Waals surface area contributed by atoms with Crippen LogP contribution in [0.4, 0.5) is 0 Å². The monoisotopic (exact) mass is 184 g/mol. The fraction of sp³-hybridized carbons (Fsp3) is 0.909. The first-order valence-corrected chi connectivity index (χ1v) is 5.43. The predicted molar refractivity (Wildman–Crippen MR) is 52.4 cm³/mol. The number of rotatable bonds is 3. The highest BCUT2D eigenvalue weighted by Crippen LogP contribution is 2.27. The van der Waals surface area contributed by atoms with E-state index >= 15 is 0 Å². The van der Waals surface area contributed by atoms with Crippen molar-refractivity contribution in [3.63, 3.8) is 0 Å². The van der Waals surface area contributed by atoms with Gasteiger partial charge in [0, 0.05) is 6.42 Å². The van der Waals surface area contributed by atoms with Crippen LogP contribution in [0.3, 0.4) is 0 Å². The molecule has 0 bridgehead atoms. The van der Waals surface area contributed by atoms with Gasteiger partial charge in [-0.05, 0) is 25.7 Å². The normalized spacial score (nSPS) is 21.1. The summed E-state index contributed by atoms with van der Waals surface area (Å²) >= 11 is 0. The minimum Gasteiger partial charge on any atom is -0.462 e. The van der Waals surface area contributed by atoms with Gasteiger partial charge in [-0.3, -0.25) is 4.79 Å². The quantitative estimate of drug-likeness (QED) is 0.630. The zero-order chi connectivity index (χ0) is 9.68. The highest BCUT2D eigenvalue weighted by Gasteiger charge is 2.22. The fourth-order valence-electron chi connectivity index (χ4n) is 1.99. The molecule has 76 valence electrons. The third kappa shape index (κ3) is 3.37. The molecule has 1 unspecified atom stereocenters. The Morgan fingerprint density at radius 2 is 2.00 bits per heavy atom. The summed E-state index contributed by atoms with van der Waals surface area (Å²) in [7, 11) is 0. The van der Waals surface area contributed by atoms with Gasteiger partial charge in [-0.1, -0.05) is 26.2 Å². The Balaban J connectivity index is 2.28. The molecular formula is C11H20O2. The van der Waals surface area contributed by atoms with Crippen molar-refractivity contribution in [2.24, 2.45) is 5.92 Å². The second-order valence-electron chi connectivity index (χ2n) is 3.95. The molecule has 0 aromatic carbocycles. The maximum Gasteiger partial charge on any atom is 0.305 e. The molecule has 0 spiro atoms. The fourth-order valence-corrected chi connectivity index (χ4v) is 1.99. The van der Waals surface area contributed by atoms with Crippen molar-refractivity contribution in [3.8, 4) is 0 Å². The molecule has 0 N–H and O–H groups in total. The SMILES string of the molecule is CCC(=O)OC(C)C1CCCCC1. The molecule has 0 aromatic heterocycles. The molecule has 1 aliphatic carbocycles. The molecule has 0 saturated heterocycles. The second kappa shape index (κ2) is 5.25. The molecular weight excluding hydrogens is 164 g/mol. The standard InChI is InChI=1S/C11H20O2/c1-3-11(12)13-9(2)10-7-5-4-6-8-10/h9-10H,3-8H2,1-2H3. The van der Waals surface area contributed by atoms with Gasteiger partial charge in [0.15, 0.2) is 0 Å². The summed E-state index contributed by atoms with van der Waals surface area (Å²) in [5.74, 6) is 0.558. The van der Waals surface area contributed by atoms with Crippen molar-refractivity contribution in [3.05, 3.63) is 0 Å². The number of hydrogen-bond acceptors (Lipinski definition) is 2. The van der Waals surface area contributed by atoms with Gasteiger partial charge < -0.3 is 4.74 Å². The van der Waals surface area contributed by atoms with Gasteiger partial charge in [-0.2, -0.15) is 0 Å². The van der Waals surface area contributed by atoms with Crippen LogP contribution in [-0.2, 0) is 9.53 Å². The zero-order valence-electron chi connectivity index (χ0n) is 8.71. The average Bonchev–Trinajstić information content (AvgIpc) is 2.19. The highest BCUT2D eigenvalue weighted by atomic mass is 16.5. The highest BCUT2D eigenvalue weighted by molar-refractivity contribution is 5.69. The van der Waals surface area contributed by atoms with Crippen LogP contribution in [0.15, 0.2) is 0 Å². The van der Waals surface area contributed by atoms with E-state index in [1.165, 1.54) is 32.1 Å². The Kier molecular flexibility index (Phi) is 4.26. The lowest BCUT2D eigenvalue weighted by Gasteiger charge is -2.27. The van der Waals surface area contributed by atoms with E-state index in [2.05, 4.69) is 0 Å². The van der Waals surface area contributed by atoms with Gasteiger partial charge in [-0.15, -0.1) is 0 Å². The predicted octanol–water partition coefficient (Wildman–Crippen LogP) is 2.91. The van der Waals surface area contributed by atoms with E-state index in [0.717, 1.165) is 0 Å². The molecule has 2 nitrogen and oxygen atoms in total. The first-order chi connectivity index (χ1) is 6.24. The van der Waals surface area contributed by atoms with Gasteiger partial charge in [0.05, 0.1) is 0 Å². The number of esters is 1. The van der Waals surface area contributed by atoms with E-state index < -0.39 is 0 Å². The number of carbonyl (C=O) groups is 1. The summed E-state index contributed by atoms with van der Waals surface area (Å²) in [5.41, 5.74) is 0. The van der Waals surface area contributed by atoms with E-state index in [4.69, 9.17) is 4.74 Å². The van der Waals surface area contributed by atoms with Crippen LogP contribution in [0, 0.1) is 5.92 Å². The van der Waals surface area contributed by atoms with Gasteiger partial charge in [-0.25, -0.2) is 0 Å². The van der Waals surface area contributed by atoms with Crippen LogP contribution in [0.1, 0.15) is 52.4 Å². The zero-order valence-corrected chi connectivity index (χ0v) is 8.71. The number of ether oxygens (including phenoxy) is 1. The molecule has 0 aromatic rings. The topological polar surface area (TPSA) is 26.3 Å². The van der Waals surface area contributed by atoms with Crippen LogP contribution < -0.4 is 0 Å². The van der Waals surface area contributed by atoms with E-state index in [1.54, 1.807) is 0 Å². The van der Waals surface area contributed by atoms with Crippen molar-refractivity contribution in [1.29, 1.82) is 0 Å². The summed E-state index contributed by atoms with van der Waals surface area (Å²) in [4.78, 5) is 11.0. The maximum atomic E-state index is 11.0. The summed E-state index contributed by atoms with van der Waals surface area (Å²) in [6.45, 7) is 3.87. The van der Waals surface area contributed by atoms with Crippen molar-refractivity contribution < 1.29 is 9.53 Å². The Labute approximate surface area is 80.7 Å². The molecule has 1 atom stereocenters. The van der Waals surface area contributed by atoms with E-state index in [0.29, 0.717) is 12.3 Å². The van der Waals surface area contributed by atoms with Gasteiger partial charge in [0.25, 0.3) is 0 Å². The number of carbonyl (C=O) groups excluding carboxylic acids is 1. The van der Waals surface area contributed by atoms with E-state index in [9.17, 15) is 4.79 Å². The summed E-state index contributed by atoms with van der Waals surface area (Å²) < 4.78 is 5.30. The van der Waals surface area contributed by atoms with Gasteiger partial charge in [0.2, 0.25) is 0 Å². The molecule has 13 heavy (non-hydrogen) atoms. The molecule has 2 heteroatoms. The maximum absolute atomic E-state index is 11.0. The molecule has 0 radical (unpaired) electrons. The molecule has 1 rings (SSSR count). The Morgan fingerprint density at radius 3 is 2.54 bits per heavy atom. The van der Waals surface area contributed by atoms with Crippen molar-refractivity contribution in [2.75, 3.05) is 0 Å². The first-order valence-electron chi connectivity index (χ1n) is 5.43. The summed E-state index contributed by atoms with van der Waals surface area (Å²) in [6, 6.07) is 0. The van der Waals surface area contributed by atoms with E-state index in [1.807, 2.05) is 13.8 Å². The summed E-state index contributed by atoms with van der Waals surface area (Å²) in [5, 5.41) is 0. The van der Waals surface area contributed by atoms with Crippen molar-refractivity contribution in [2.45, 2.75) is 58.5 Å². The molecule has 1 fully saturated rings. The molecule has 1 aliphatic rings. The lowest BCUT2D eigenvalue weighted by molar-refractivity contribution is -0.150. The molecule has 0 heterocycles.